The Morgan fingerprint density at radius 3 is 2.95 bits per heavy atom. The van der Waals surface area contributed by atoms with E-state index in [4.69, 9.17) is 0 Å². The van der Waals surface area contributed by atoms with Gasteiger partial charge in [0.15, 0.2) is 5.65 Å². The summed E-state index contributed by atoms with van der Waals surface area (Å²) in [4.78, 5) is 11.2. The van der Waals surface area contributed by atoms with Gasteiger partial charge in [0.25, 0.3) is 0 Å². The third-order valence-electron chi connectivity index (χ3n) is 3.22. The van der Waals surface area contributed by atoms with Crippen molar-refractivity contribution in [3.8, 4) is 0 Å². The van der Waals surface area contributed by atoms with E-state index in [1.807, 2.05) is 23.7 Å². The highest BCUT2D eigenvalue weighted by Crippen LogP contribution is 2.22. The number of rotatable bonds is 4. The Labute approximate surface area is 130 Å². The summed E-state index contributed by atoms with van der Waals surface area (Å²) in [6.07, 6.45) is 5.60. The normalized spacial score (nSPS) is 12.9. The molecule has 0 bridgehead atoms. The maximum absolute atomic E-state index is 4.36. The van der Waals surface area contributed by atoms with Crippen LogP contribution in [0.25, 0.3) is 5.65 Å². The number of nitrogens with zero attached hydrogens (tertiary/aromatic N) is 3. The first-order valence-electron chi connectivity index (χ1n) is 6.40. The Bertz CT molecular complexity index is 734. The molecule has 0 aliphatic heterocycles. The van der Waals surface area contributed by atoms with Crippen LogP contribution in [0.4, 0.5) is 0 Å². The van der Waals surface area contributed by atoms with Crippen molar-refractivity contribution in [3.05, 3.63) is 50.8 Å². The first kappa shape index (κ1) is 13.7. The zero-order chi connectivity index (χ0) is 14.1. The molecule has 0 fully saturated rings. The van der Waals surface area contributed by atoms with Crippen LogP contribution in [-0.2, 0) is 6.54 Å². The van der Waals surface area contributed by atoms with Crippen LogP contribution in [0.15, 0.2) is 35.3 Å². The Morgan fingerprint density at radius 1 is 1.35 bits per heavy atom. The van der Waals surface area contributed by atoms with Crippen LogP contribution in [0.5, 0.6) is 0 Å². The predicted molar refractivity (Wildman–Crippen MR) is 85.0 cm³/mol. The third-order valence-corrected chi connectivity index (χ3v) is 4.81. The van der Waals surface area contributed by atoms with Crippen molar-refractivity contribution in [2.45, 2.75) is 26.4 Å². The van der Waals surface area contributed by atoms with Gasteiger partial charge in [-0.05, 0) is 41.9 Å². The maximum atomic E-state index is 4.36. The summed E-state index contributed by atoms with van der Waals surface area (Å²) in [6, 6.07) is 4.69. The second-order valence-corrected chi connectivity index (χ2v) is 6.87. The molecule has 20 heavy (non-hydrogen) atoms. The minimum Gasteiger partial charge on any atom is -0.304 e. The van der Waals surface area contributed by atoms with E-state index < -0.39 is 0 Å². The molecule has 3 rings (SSSR count). The molecule has 3 heterocycles. The largest absolute Gasteiger partial charge is 0.304 e. The molecule has 3 aromatic heterocycles. The van der Waals surface area contributed by atoms with Crippen molar-refractivity contribution in [1.29, 1.82) is 0 Å². The van der Waals surface area contributed by atoms with E-state index in [1.165, 1.54) is 9.75 Å². The lowest BCUT2D eigenvalue weighted by Crippen LogP contribution is -2.18. The number of fused-ring (bicyclic) bond motifs is 1. The van der Waals surface area contributed by atoms with Crippen molar-refractivity contribution < 1.29 is 0 Å². The fraction of sp³-hybridized carbons (Fsp3) is 0.286. The van der Waals surface area contributed by atoms with Gasteiger partial charge < -0.3 is 5.32 Å². The lowest BCUT2D eigenvalue weighted by atomic mass is 10.2. The Balaban J connectivity index is 1.75. The molecule has 0 saturated heterocycles. The van der Waals surface area contributed by atoms with Crippen molar-refractivity contribution >= 4 is 32.9 Å². The van der Waals surface area contributed by atoms with Crippen LogP contribution < -0.4 is 5.32 Å². The molecule has 6 heteroatoms. The molecule has 0 spiro atoms. The monoisotopic (exact) mass is 350 g/mol. The molecule has 4 nitrogen and oxygen atoms in total. The molecule has 0 aliphatic rings. The topological polar surface area (TPSA) is 42.2 Å². The van der Waals surface area contributed by atoms with E-state index in [0.717, 1.165) is 22.5 Å². The highest BCUT2D eigenvalue weighted by molar-refractivity contribution is 9.10. The Kier molecular flexibility index (Phi) is 3.87. The van der Waals surface area contributed by atoms with E-state index >= 15 is 0 Å². The molecular formula is C14H15BrN4S. The van der Waals surface area contributed by atoms with Gasteiger partial charge >= 0.3 is 0 Å². The number of imidazole rings is 1. The van der Waals surface area contributed by atoms with Gasteiger partial charge in [-0.15, -0.1) is 11.3 Å². The number of aryl methyl sites for hydroxylation is 1. The smallest absolute Gasteiger partial charge is 0.155 e. The fourth-order valence-corrected chi connectivity index (χ4v) is 3.30. The molecule has 0 saturated carbocycles. The van der Waals surface area contributed by atoms with E-state index in [1.54, 1.807) is 6.20 Å². The highest BCUT2D eigenvalue weighted by atomic mass is 79.9. The molecule has 1 atom stereocenters. The molecule has 104 valence electrons. The quantitative estimate of drug-likeness (QED) is 0.779. The lowest BCUT2D eigenvalue weighted by molar-refractivity contribution is 0.573. The number of hydrogen-bond acceptors (Lipinski definition) is 4. The standard InChI is InChI=1S/C14H15BrN4S/c1-9-3-4-12(20-9)10(2)16-5-11-6-18-14-7-17-13(15)8-19(11)14/h3-4,6-8,10,16H,5H2,1-2H3. The van der Waals surface area contributed by atoms with Crippen LogP contribution in [-0.4, -0.2) is 14.4 Å². The van der Waals surface area contributed by atoms with E-state index in [0.29, 0.717) is 6.04 Å². The number of thiophene rings is 1. The minimum absolute atomic E-state index is 0.338. The minimum atomic E-state index is 0.338. The molecule has 0 aromatic carbocycles. The summed E-state index contributed by atoms with van der Waals surface area (Å²) in [7, 11) is 0. The summed E-state index contributed by atoms with van der Waals surface area (Å²) in [5.41, 5.74) is 1.99. The first-order chi connectivity index (χ1) is 9.63. The molecule has 0 amide bonds. The van der Waals surface area contributed by atoms with E-state index in [9.17, 15) is 0 Å². The van der Waals surface area contributed by atoms with Crippen LogP contribution in [0, 0.1) is 6.92 Å². The van der Waals surface area contributed by atoms with Crippen LogP contribution >= 0.6 is 27.3 Å². The number of nitrogens with one attached hydrogen (secondary N) is 1. The van der Waals surface area contributed by atoms with Crippen LogP contribution in [0.3, 0.4) is 0 Å². The summed E-state index contributed by atoms with van der Waals surface area (Å²) in [6.45, 7) is 5.09. The van der Waals surface area contributed by atoms with Crippen molar-refractivity contribution in [1.82, 2.24) is 19.7 Å². The van der Waals surface area contributed by atoms with Gasteiger partial charge in [0.05, 0.1) is 18.1 Å². The van der Waals surface area contributed by atoms with Crippen LogP contribution in [0.2, 0.25) is 0 Å². The second-order valence-electron chi connectivity index (χ2n) is 4.74. The number of aromatic nitrogens is 3. The average molecular weight is 351 g/mol. The summed E-state index contributed by atoms with van der Waals surface area (Å²) >= 11 is 5.23. The molecule has 3 aromatic rings. The molecule has 1 N–H and O–H groups in total. The molecule has 0 radical (unpaired) electrons. The summed E-state index contributed by atoms with van der Waals surface area (Å²) in [5, 5.41) is 3.54. The third kappa shape index (κ3) is 2.77. The molecule has 0 aliphatic carbocycles. The first-order valence-corrected chi connectivity index (χ1v) is 8.01. The van der Waals surface area contributed by atoms with Crippen molar-refractivity contribution in [2.75, 3.05) is 0 Å². The molecular weight excluding hydrogens is 336 g/mol. The van der Waals surface area contributed by atoms with Crippen LogP contribution in [0.1, 0.15) is 28.4 Å². The SMILES string of the molecule is Cc1ccc(C(C)NCc2cnc3cnc(Br)cn23)s1. The predicted octanol–water partition coefficient (Wildman–Crippen LogP) is 3.71. The fourth-order valence-electron chi connectivity index (χ4n) is 2.09. The molecule has 1 unspecified atom stereocenters. The summed E-state index contributed by atoms with van der Waals surface area (Å²) < 4.78 is 2.86. The van der Waals surface area contributed by atoms with Gasteiger partial charge in [0.1, 0.15) is 4.60 Å². The van der Waals surface area contributed by atoms with Gasteiger partial charge in [-0.3, -0.25) is 4.40 Å². The Hall–Kier alpha value is -1.24. The van der Waals surface area contributed by atoms with E-state index in [2.05, 4.69) is 61.6 Å². The van der Waals surface area contributed by atoms with Gasteiger partial charge in [-0.2, -0.15) is 0 Å². The second kappa shape index (κ2) is 5.63. The number of halogens is 1. The zero-order valence-corrected chi connectivity index (χ0v) is 13.7. The average Bonchev–Trinajstić information content (AvgIpc) is 3.02. The van der Waals surface area contributed by atoms with Gasteiger partial charge in [0, 0.05) is 28.5 Å². The van der Waals surface area contributed by atoms with Crippen molar-refractivity contribution in [3.63, 3.8) is 0 Å². The lowest BCUT2D eigenvalue weighted by Gasteiger charge is -2.11. The van der Waals surface area contributed by atoms with Gasteiger partial charge in [-0.25, -0.2) is 9.97 Å². The zero-order valence-electron chi connectivity index (χ0n) is 11.3. The van der Waals surface area contributed by atoms with Crippen molar-refractivity contribution in [2.24, 2.45) is 0 Å². The highest BCUT2D eigenvalue weighted by Gasteiger charge is 2.09. The van der Waals surface area contributed by atoms with Gasteiger partial charge in [0.2, 0.25) is 0 Å². The maximum Gasteiger partial charge on any atom is 0.155 e. The van der Waals surface area contributed by atoms with Gasteiger partial charge in [-0.1, -0.05) is 0 Å². The number of hydrogen-bond donors (Lipinski definition) is 1. The Morgan fingerprint density at radius 2 is 2.20 bits per heavy atom. The summed E-state index contributed by atoms with van der Waals surface area (Å²) in [5.74, 6) is 0. The van der Waals surface area contributed by atoms with E-state index in [-0.39, 0.29) is 0 Å².